The van der Waals surface area contributed by atoms with Gasteiger partial charge in [0.2, 0.25) is 0 Å². The minimum Gasteiger partial charge on any atom is -0.444 e. The lowest BCUT2D eigenvalue weighted by Crippen LogP contribution is -2.50. The smallest absolute Gasteiger partial charge is 0.407 e. The van der Waals surface area contributed by atoms with Gasteiger partial charge in [-0.25, -0.2) is 14.8 Å². The van der Waals surface area contributed by atoms with Gasteiger partial charge in [0.25, 0.3) is 0 Å². The topological polar surface area (TPSA) is 67.3 Å². The summed E-state index contributed by atoms with van der Waals surface area (Å²) in [6.07, 6.45) is 3.24. The van der Waals surface area contributed by atoms with Crippen molar-refractivity contribution >= 4 is 11.9 Å². The number of carbonyl (C=O) groups excluding carboxylic acids is 1. The van der Waals surface area contributed by atoms with E-state index in [1.54, 1.807) is 0 Å². The van der Waals surface area contributed by atoms with Crippen molar-refractivity contribution in [3.8, 4) is 0 Å². The normalized spacial score (nSPS) is 21.8. The lowest BCUT2D eigenvalue weighted by Gasteiger charge is -2.39. The molecule has 0 spiro atoms. The van der Waals surface area contributed by atoms with Gasteiger partial charge in [-0.05, 0) is 46.6 Å². The van der Waals surface area contributed by atoms with Crippen LogP contribution in [0.5, 0.6) is 0 Å². The van der Waals surface area contributed by atoms with Gasteiger partial charge in [0, 0.05) is 30.2 Å². The summed E-state index contributed by atoms with van der Waals surface area (Å²) < 4.78 is 5.36. The highest BCUT2D eigenvalue weighted by molar-refractivity contribution is 5.68. The summed E-state index contributed by atoms with van der Waals surface area (Å²) in [4.78, 5) is 23.4. The maximum Gasteiger partial charge on any atom is 0.407 e. The highest BCUT2D eigenvalue weighted by atomic mass is 16.6. The SMILES string of the molecule is CC1CC(NC(=O)OC(C)(C)C)CCN1c1ccnc(C(C)(C)C)n1. The summed E-state index contributed by atoms with van der Waals surface area (Å²) in [5.74, 6) is 1.81. The molecule has 2 atom stereocenters. The number of rotatable bonds is 2. The van der Waals surface area contributed by atoms with E-state index in [0.717, 1.165) is 31.0 Å². The highest BCUT2D eigenvalue weighted by Gasteiger charge is 2.29. The Bertz CT molecular complexity index is 604. The molecule has 1 aromatic rings. The van der Waals surface area contributed by atoms with Crippen LogP contribution in [0.4, 0.5) is 10.6 Å². The number of nitrogens with zero attached hydrogens (tertiary/aromatic N) is 3. The van der Waals surface area contributed by atoms with E-state index in [1.807, 2.05) is 33.0 Å². The molecule has 6 heteroatoms. The third-order valence-corrected chi connectivity index (χ3v) is 4.20. The van der Waals surface area contributed by atoms with Crippen LogP contribution in [0.3, 0.4) is 0 Å². The van der Waals surface area contributed by atoms with E-state index in [9.17, 15) is 4.79 Å². The van der Waals surface area contributed by atoms with Crippen molar-refractivity contribution in [2.75, 3.05) is 11.4 Å². The molecular weight excluding hydrogens is 316 g/mol. The van der Waals surface area contributed by atoms with Crippen LogP contribution in [0.15, 0.2) is 12.3 Å². The summed E-state index contributed by atoms with van der Waals surface area (Å²) in [5, 5.41) is 2.99. The lowest BCUT2D eigenvalue weighted by atomic mass is 9.95. The summed E-state index contributed by atoms with van der Waals surface area (Å²) in [6.45, 7) is 15.0. The molecule has 140 valence electrons. The molecule has 2 heterocycles. The first kappa shape index (κ1) is 19.5. The number of carbonyl (C=O) groups is 1. The molecule has 1 aliphatic heterocycles. The van der Waals surface area contributed by atoms with Crippen LogP contribution in [0, 0.1) is 0 Å². The Morgan fingerprint density at radius 1 is 1.28 bits per heavy atom. The van der Waals surface area contributed by atoms with E-state index in [0.29, 0.717) is 0 Å². The van der Waals surface area contributed by atoms with E-state index in [4.69, 9.17) is 9.72 Å². The molecule has 0 aromatic carbocycles. The van der Waals surface area contributed by atoms with E-state index in [-0.39, 0.29) is 23.6 Å². The molecule has 1 amide bonds. The first-order valence-corrected chi connectivity index (χ1v) is 9.05. The van der Waals surface area contributed by atoms with Gasteiger partial charge in [-0.1, -0.05) is 20.8 Å². The largest absolute Gasteiger partial charge is 0.444 e. The molecule has 1 saturated heterocycles. The minimum atomic E-state index is -0.472. The van der Waals surface area contributed by atoms with Crippen molar-refractivity contribution in [2.45, 2.75) is 84.4 Å². The molecule has 1 aromatic heterocycles. The fourth-order valence-electron chi connectivity index (χ4n) is 2.99. The van der Waals surface area contributed by atoms with Crippen molar-refractivity contribution in [3.05, 3.63) is 18.1 Å². The highest BCUT2D eigenvalue weighted by Crippen LogP contribution is 2.26. The standard InChI is InChI=1S/C19H32N4O2/c1-13-12-14(21-17(24)25-19(5,6)7)9-11-23(13)15-8-10-20-16(22-15)18(2,3)4/h8,10,13-14H,9,11-12H2,1-7H3,(H,21,24). The molecule has 1 N–H and O–H groups in total. The number of amides is 1. The summed E-state index contributed by atoms with van der Waals surface area (Å²) in [7, 11) is 0. The molecule has 25 heavy (non-hydrogen) atoms. The van der Waals surface area contributed by atoms with Gasteiger partial charge in [0.05, 0.1) is 0 Å². The second kappa shape index (κ2) is 7.18. The summed E-state index contributed by atoms with van der Waals surface area (Å²) >= 11 is 0. The Balaban J connectivity index is 1.99. The summed E-state index contributed by atoms with van der Waals surface area (Å²) in [6, 6.07) is 2.38. The third kappa shape index (κ3) is 5.58. The Morgan fingerprint density at radius 2 is 1.96 bits per heavy atom. The lowest BCUT2D eigenvalue weighted by molar-refractivity contribution is 0.0494. The molecule has 2 unspecified atom stereocenters. The monoisotopic (exact) mass is 348 g/mol. The number of hydrogen-bond acceptors (Lipinski definition) is 5. The molecule has 2 rings (SSSR count). The zero-order valence-corrected chi connectivity index (χ0v) is 16.6. The van der Waals surface area contributed by atoms with Crippen LogP contribution in [-0.2, 0) is 10.2 Å². The van der Waals surface area contributed by atoms with Gasteiger partial charge in [0.1, 0.15) is 17.2 Å². The van der Waals surface area contributed by atoms with E-state index in [1.165, 1.54) is 0 Å². The number of alkyl carbamates (subject to hydrolysis) is 1. The van der Waals surface area contributed by atoms with Crippen LogP contribution in [0.1, 0.15) is 67.1 Å². The molecule has 0 aliphatic carbocycles. The minimum absolute atomic E-state index is 0.0736. The van der Waals surface area contributed by atoms with E-state index in [2.05, 4.69) is 42.9 Å². The fourth-order valence-corrected chi connectivity index (χ4v) is 2.99. The Labute approximate surface area is 151 Å². The quantitative estimate of drug-likeness (QED) is 0.883. The van der Waals surface area contributed by atoms with Crippen molar-refractivity contribution < 1.29 is 9.53 Å². The molecule has 0 bridgehead atoms. The second-order valence-corrected chi connectivity index (χ2v) is 8.90. The number of aromatic nitrogens is 2. The van der Waals surface area contributed by atoms with Gasteiger partial charge < -0.3 is 15.0 Å². The zero-order valence-electron chi connectivity index (χ0n) is 16.6. The van der Waals surface area contributed by atoms with Crippen molar-refractivity contribution in [1.82, 2.24) is 15.3 Å². The number of piperidine rings is 1. The van der Waals surface area contributed by atoms with Gasteiger partial charge in [0.15, 0.2) is 0 Å². The number of anilines is 1. The predicted molar refractivity (Wildman–Crippen MR) is 99.9 cm³/mol. The van der Waals surface area contributed by atoms with Crippen LogP contribution in [0.2, 0.25) is 0 Å². The van der Waals surface area contributed by atoms with Gasteiger partial charge in [-0.2, -0.15) is 0 Å². The van der Waals surface area contributed by atoms with Crippen LogP contribution < -0.4 is 10.2 Å². The Hall–Kier alpha value is -1.85. The Morgan fingerprint density at radius 3 is 2.52 bits per heavy atom. The van der Waals surface area contributed by atoms with Gasteiger partial charge in [-0.3, -0.25) is 0 Å². The average Bonchev–Trinajstić information content (AvgIpc) is 2.44. The Kier molecular flexibility index (Phi) is 5.59. The number of nitrogens with one attached hydrogen (secondary N) is 1. The molecule has 0 radical (unpaired) electrons. The first-order valence-electron chi connectivity index (χ1n) is 9.05. The van der Waals surface area contributed by atoms with Crippen molar-refractivity contribution in [1.29, 1.82) is 0 Å². The molecule has 1 fully saturated rings. The second-order valence-electron chi connectivity index (χ2n) is 8.90. The van der Waals surface area contributed by atoms with Crippen LogP contribution >= 0.6 is 0 Å². The maximum absolute atomic E-state index is 12.0. The molecule has 6 nitrogen and oxygen atoms in total. The third-order valence-electron chi connectivity index (χ3n) is 4.20. The summed E-state index contributed by atoms with van der Waals surface area (Å²) in [5.41, 5.74) is -0.545. The van der Waals surface area contributed by atoms with Gasteiger partial charge >= 0.3 is 6.09 Å². The number of hydrogen-bond donors (Lipinski definition) is 1. The van der Waals surface area contributed by atoms with Crippen LogP contribution in [-0.4, -0.2) is 40.3 Å². The zero-order chi connectivity index (χ0) is 18.8. The van der Waals surface area contributed by atoms with Crippen molar-refractivity contribution in [3.63, 3.8) is 0 Å². The van der Waals surface area contributed by atoms with Crippen molar-refractivity contribution in [2.24, 2.45) is 0 Å². The molecule has 1 aliphatic rings. The molecular formula is C19H32N4O2. The fraction of sp³-hybridized carbons (Fsp3) is 0.737. The predicted octanol–water partition coefficient (Wildman–Crippen LogP) is 3.66. The van der Waals surface area contributed by atoms with E-state index < -0.39 is 5.60 Å². The number of ether oxygens (including phenoxy) is 1. The average molecular weight is 348 g/mol. The maximum atomic E-state index is 12.0. The van der Waals surface area contributed by atoms with E-state index >= 15 is 0 Å². The first-order chi connectivity index (χ1) is 11.5. The van der Waals surface area contributed by atoms with Gasteiger partial charge in [-0.15, -0.1) is 0 Å². The molecule has 0 saturated carbocycles. The van der Waals surface area contributed by atoms with Crippen LogP contribution in [0.25, 0.3) is 0 Å².